The average Bonchev–Trinajstić information content (AvgIpc) is 2.87. The molecule has 1 aliphatic carbocycles. The summed E-state index contributed by atoms with van der Waals surface area (Å²) in [4.78, 5) is 2.48. The van der Waals surface area contributed by atoms with Crippen LogP contribution < -0.4 is 0 Å². The van der Waals surface area contributed by atoms with E-state index < -0.39 is 0 Å². The highest BCUT2D eigenvalue weighted by Gasteiger charge is 2.48. The molecule has 0 N–H and O–H groups in total. The van der Waals surface area contributed by atoms with Crippen molar-refractivity contribution in [3.63, 3.8) is 0 Å². The maximum atomic E-state index is 2.48. The van der Waals surface area contributed by atoms with Gasteiger partial charge in [0, 0.05) is 0 Å². The Morgan fingerprint density at radius 3 is 2.31 bits per heavy atom. The lowest BCUT2D eigenvalue weighted by Crippen LogP contribution is -2.34. The zero-order chi connectivity index (χ0) is 9.31. The SMILES string of the molecule is CCCC1(C2CCN(C)CC2)CC1. The molecule has 1 heterocycles. The minimum absolute atomic E-state index is 0.829. The first-order valence-electron chi connectivity index (χ1n) is 5.95. The van der Waals surface area contributed by atoms with Crippen molar-refractivity contribution in [3.05, 3.63) is 0 Å². The molecule has 13 heavy (non-hydrogen) atoms. The Kier molecular flexibility index (Phi) is 2.64. The first-order valence-corrected chi connectivity index (χ1v) is 5.95. The van der Waals surface area contributed by atoms with Crippen LogP contribution in [0.4, 0.5) is 0 Å². The maximum absolute atomic E-state index is 2.48. The van der Waals surface area contributed by atoms with Gasteiger partial charge in [-0.3, -0.25) is 0 Å². The highest BCUT2D eigenvalue weighted by Crippen LogP contribution is 2.58. The van der Waals surface area contributed by atoms with Gasteiger partial charge in [-0.05, 0) is 63.6 Å². The van der Waals surface area contributed by atoms with Crippen LogP contribution in [0.1, 0.15) is 45.4 Å². The van der Waals surface area contributed by atoms with Gasteiger partial charge in [0.2, 0.25) is 0 Å². The molecule has 2 fully saturated rings. The Morgan fingerprint density at radius 1 is 1.23 bits per heavy atom. The minimum Gasteiger partial charge on any atom is -0.306 e. The van der Waals surface area contributed by atoms with Crippen LogP contribution in [0.5, 0.6) is 0 Å². The van der Waals surface area contributed by atoms with E-state index in [9.17, 15) is 0 Å². The number of hydrogen-bond acceptors (Lipinski definition) is 1. The van der Waals surface area contributed by atoms with Crippen LogP contribution in [0.3, 0.4) is 0 Å². The minimum atomic E-state index is 0.829. The van der Waals surface area contributed by atoms with Crippen molar-refractivity contribution in [2.75, 3.05) is 20.1 Å². The van der Waals surface area contributed by atoms with Crippen molar-refractivity contribution in [1.29, 1.82) is 0 Å². The summed E-state index contributed by atoms with van der Waals surface area (Å²) in [6.07, 6.45) is 8.91. The Morgan fingerprint density at radius 2 is 1.85 bits per heavy atom. The van der Waals surface area contributed by atoms with Crippen molar-refractivity contribution >= 4 is 0 Å². The molecule has 2 aliphatic rings. The fourth-order valence-corrected chi connectivity index (χ4v) is 3.14. The lowest BCUT2D eigenvalue weighted by Gasteiger charge is -2.34. The van der Waals surface area contributed by atoms with Crippen LogP contribution in [0.15, 0.2) is 0 Å². The fraction of sp³-hybridized carbons (Fsp3) is 1.00. The van der Waals surface area contributed by atoms with Crippen molar-refractivity contribution in [3.8, 4) is 0 Å². The van der Waals surface area contributed by atoms with Gasteiger partial charge in [0.25, 0.3) is 0 Å². The molecule has 0 unspecified atom stereocenters. The van der Waals surface area contributed by atoms with Gasteiger partial charge in [0.15, 0.2) is 0 Å². The monoisotopic (exact) mass is 181 g/mol. The summed E-state index contributed by atoms with van der Waals surface area (Å²) in [5.41, 5.74) is 0.829. The summed E-state index contributed by atoms with van der Waals surface area (Å²) in [7, 11) is 2.26. The smallest absolute Gasteiger partial charge is 0.00189 e. The van der Waals surface area contributed by atoms with Crippen molar-refractivity contribution in [2.24, 2.45) is 11.3 Å². The van der Waals surface area contributed by atoms with E-state index in [2.05, 4.69) is 18.9 Å². The van der Waals surface area contributed by atoms with Crippen molar-refractivity contribution in [1.82, 2.24) is 4.90 Å². The number of nitrogens with zero attached hydrogens (tertiary/aromatic N) is 1. The Labute approximate surface area is 82.5 Å². The molecule has 2 rings (SSSR count). The van der Waals surface area contributed by atoms with E-state index in [1.807, 2.05) is 0 Å². The Bertz CT molecular complexity index is 164. The van der Waals surface area contributed by atoms with Crippen LogP contribution in [0.25, 0.3) is 0 Å². The van der Waals surface area contributed by atoms with E-state index in [4.69, 9.17) is 0 Å². The van der Waals surface area contributed by atoms with Crippen LogP contribution >= 0.6 is 0 Å². The zero-order valence-electron chi connectivity index (χ0n) is 9.18. The van der Waals surface area contributed by atoms with E-state index in [1.54, 1.807) is 0 Å². The van der Waals surface area contributed by atoms with Crippen LogP contribution in [0.2, 0.25) is 0 Å². The molecule has 1 aliphatic heterocycles. The molecule has 76 valence electrons. The van der Waals surface area contributed by atoms with Gasteiger partial charge in [0.05, 0.1) is 0 Å². The predicted molar refractivity (Wildman–Crippen MR) is 56.8 cm³/mol. The van der Waals surface area contributed by atoms with Crippen molar-refractivity contribution in [2.45, 2.75) is 45.4 Å². The predicted octanol–water partition coefficient (Wildman–Crippen LogP) is 2.91. The van der Waals surface area contributed by atoms with E-state index in [-0.39, 0.29) is 0 Å². The summed E-state index contributed by atoms with van der Waals surface area (Å²) in [5, 5.41) is 0. The van der Waals surface area contributed by atoms with Gasteiger partial charge in [0.1, 0.15) is 0 Å². The highest BCUT2D eigenvalue weighted by molar-refractivity contribution is 4.99. The summed E-state index contributed by atoms with van der Waals surface area (Å²) in [5.74, 6) is 1.07. The average molecular weight is 181 g/mol. The molecule has 0 aromatic heterocycles. The van der Waals surface area contributed by atoms with Crippen LogP contribution in [0, 0.1) is 11.3 Å². The van der Waals surface area contributed by atoms with Gasteiger partial charge in [-0.15, -0.1) is 0 Å². The van der Waals surface area contributed by atoms with Gasteiger partial charge >= 0.3 is 0 Å². The molecule has 0 bridgehead atoms. The third-order valence-corrected chi connectivity index (χ3v) is 4.22. The second-order valence-electron chi connectivity index (χ2n) is 5.19. The van der Waals surface area contributed by atoms with Crippen LogP contribution in [-0.2, 0) is 0 Å². The molecule has 1 saturated carbocycles. The van der Waals surface area contributed by atoms with Crippen LogP contribution in [-0.4, -0.2) is 25.0 Å². The number of likely N-dealkylation sites (tertiary alicyclic amines) is 1. The molecule has 0 spiro atoms. The summed E-state index contributed by atoms with van der Waals surface area (Å²) < 4.78 is 0. The summed E-state index contributed by atoms with van der Waals surface area (Å²) in [6.45, 7) is 5.03. The summed E-state index contributed by atoms with van der Waals surface area (Å²) >= 11 is 0. The lowest BCUT2D eigenvalue weighted by atomic mass is 9.79. The first kappa shape index (κ1) is 9.51. The van der Waals surface area contributed by atoms with Gasteiger partial charge in [-0.25, -0.2) is 0 Å². The number of hydrogen-bond donors (Lipinski definition) is 0. The molecule has 0 radical (unpaired) electrons. The fourth-order valence-electron chi connectivity index (χ4n) is 3.14. The molecule has 0 amide bonds. The standard InChI is InChI=1S/C12H23N/c1-3-6-12(7-8-12)11-4-9-13(2)10-5-11/h11H,3-10H2,1-2H3. The third kappa shape index (κ3) is 1.90. The molecule has 1 nitrogen and oxygen atoms in total. The number of rotatable bonds is 3. The van der Waals surface area contributed by atoms with E-state index in [0.29, 0.717) is 0 Å². The molecule has 1 heteroatoms. The highest BCUT2D eigenvalue weighted by atomic mass is 15.1. The second-order valence-corrected chi connectivity index (χ2v) is 5.19. The molecule has 0 atom stereocenters. The molecular weight excluding hydrogens is 158 g/mol. The zero-order valence-corrected chi connectivity index (χ0v) is 9.18. The Balaban J connectivity index is 1.87. The van der Waals surface area contributed by atoms with Crippen molar-refractivity contribution < 1.29 is 0 Å². The topological polar surface area (TPSA) is 3.24 Å². The molecule has 0 aromatic carbocycles. The first-order chi connectivity index (χ1) is 6.27. The molecule has 1 saturated heterocycles. The summed E-state index contributed by atoms with van der Waals surface area (Å²) in [6, 6.07) is 0. The van der Waals surface area contributed by atoms with Gasteiger partial charge < -0.3 is 4.90 Å². The van der Waals surface area contributed by atoms with Gasteiger partial charge in [-0.2, -0.15) is 0 Å². The lowest BCUT2D eigenvalue weighted by molar-refractivity contribution is 0.151. The second kappa shape index (κ2) is 3.61. The molecule has 0 aromatic rings. The van der Waals surface area contributed by atoms with E-state index in [0.717, 1.165) is 11.3 Å². The van der Waals surface area contributed by atoms with E-state index in [1.165, 1.54) is 51.6 Å². The largest absolute Gasteiger partial charge is 0.306 e. The third-order valence-electron chi connectivity index (χ3n) is 4.22. The molecular formula is C12H23N. The quantitative estimate of drug-likeness (QED) is 0.647. The normalized spacial score (nSPS) is 29.1. The van der Waals surface area contributed by atoms with Gasteiger partial charge in [-0.1, -0.05) is 13.3 Å². The number of piperidine rings is 1. The Hall–Kier alpha value is -0.0400. The van der Waals surface area contributed by atoms with E-state index >= 15 is 0 Å². The maximum Gasteiger partial charge on any atom is -0.00189 e.